The molecule has 2 aromatic carbocycles. The van der Waals surface area contributed by atoms with Crippen LogP contribution in [0.15, 0.2) is 77.8 Å². The van der Waals surface area contributed by atoms with Gasteiger partial charge in [-0.3, -0.25) is 14.6 Å². The van der Waals surface area contributed by atoms with E-state index >= 15 is 0 Å². The van der Waals surface area contributed by atoms with Gasteiger partial charge in [0.1, 0.15) is 6.04 Å². The molecule has 4 amide bonds. The third-order valence-corrected chi connectivity index (χ3v) is 8.43. The number of hydrogen-bond donors (Lipinski definition) is 4. The zero-order valence-electron chi connectivity index (χ0n) is 25.7. The molecule has 10 heteroatoms. The molecule has 0 aliphatic carbocycles. The van der Waals surface area contributed by atoms with Crippen LogP contribution in [0.25, 0.3) is 0 Å². The van der Waals surface area contributed by atoms with Crippen molar-refractivity contribution < 1.29 is 14.4 Å². The van der Waals surface area contributed by atoms with Crippen molar-refractivity contribution in [3.05, 3.63) is 83.9 Å². The fourth-order valence-electron chi connectivity index (χ4n) is 4.71. The van der Waals surface area contributed by atoms with E-state index in [1.54, 1.807) is 23.7 Å². The van der Waals surface area contributed by atoms with Gasteiger partial charge in [-0.15, -0.1) is 11.8 Å². The zero-order valence-corrected chi connectivity index (χ0v) is 26.5. The van der Waals surface area contributed by atoms with E-state index in [9.17, 15) is 14.4 Å². The summed E-state index contributed by atoms with van der Waals surface area (Å²) in [5, 5.41) is 9.82. The molecule has 0 fully saturated rings. The molecule has 1 heterocycles. The Morgan fingerprint density at radius 1 is 1.00 bits per heavy atom. The number of carbonyl (C=O) groups is 3. The summed E-state index contributed by atoms with van der Waals surface area (Å²) in [6, 6.07) is 18.1. The smallest absolute Gasteiger partial charge is 0.317 e. The Hall–Kier alpha value is -3.63. The van der Waals surface area contributed by atoms with E-state index in [0.717, 1.165) is 21.9 Å². The standard InChI is InChI=1S/C33H46N6O3S/c1-23(2)32-37-29(22-43-32)21-39(4)33(42)38-30(17-18-35-24(3)40)31(41)36-28(20-26-13-9-6-10-14-26)16-15-27(34)19-25-11-7-5-8-12-25/h5-16,23,27-30H,17-22,34H2,1-4H3,(H,35,40)(H,36,41)(H,38,42)/b16-15+. The molecule has 1 aliphatic rings. The number of nitrogens with two attached hydrogens (primary N) is 1. The van der Waals surface area contributed by atoms with Crippen LogP contribution in [0.1, 0.15) is 38.3 Å². The first-order chi connectivity index (χ1) is 20.6. The Kier molecular flexibility index (Phi) is 13.8. The minimum atomic E-state index is -0.848. The Labute approximate surface area is 260 Å². The van der Waals surface area contributed by atoms with Crippen molar-refractivity contribution in [1.29, 1.82) is 0 Å². The maximum Gasteiger partial charge on any atom is 0.317 e. The van der Waals surface area contributed by atoms with Crippen LogP contribution in [0.2, 0.25) is 0 Å². The molecular formula is C33H46N6O3S. The molecule has 0 saturated carbocycles. The summed E-state index contributed by atoms with van der Waals surface area (Å²) in [6.07, 6.45) is 5.33. The summed E-state index contributed by atoms with van der Waals surface area (Å²) < 4.78 is 0. The van der Waals surface area contributed by atoms with Gasteiger partial charge in [0.2, 0.25) is 11.8 Å². The molecule has 0 radical (unpaired) electrons. The minimum absolute atomic E-state index is 0.0188. The SMILES string of the molecule is CC(=O)NCCC(NC(=O)N(C)CC1CSC(C(C)C)=N1)C(=O)NC(/C=C/C(N)Cc1ccccc1)Cc1ccccc1. The summed E-state index contributed by atoms with van der Waals surface area (Å²) in [5.41, 5.74) is 8.60. The number of benzene rings is 2. The fraction of sp³-hybridized carbons (Fsp3) is 0.455. The number of likely N-dealkylation sites (N-methyl/N-ethyl adjacent to an activating group) is 1. The predicted octanol–water partition coefficient (Wildman–Crippen LogP) is 3.55. The summed E-state index contributed by atoms with van der Waals surface area (Å²) in [7, 11) is 1.71. The molecule has 1 aliphatic heterocycles. The molecule has 0 bridgehead atoms. The summed E-state index contributed by atoms with van der Waals surface area (Å²) in [6.45, 7) is 6.35. The maximum absolute atomic E-state index is 13.6. The van der Waals surface area contributed by atoms with Crippen LogP contribution < -0.4 is 21.7 Å². The second-order valence-electron chi connectivity index (χ2n) is 11.3. The molecule has 3 rings (SSSR count). The van der Waals surface area contributed by atoms with Crippen molar-refractivity contribution in [2.24, 2.45) is 16.6 Å². The van der Waals surface area contributed by atoms with Crippen molar-refractivity contribution in [3.8, 4) is 0 Å². The average Bonchev–Trinajstić information content (AvgIpc) is 3.45. The number of amides is 4. The second kappa shape index (κ2) is 17.5. The van der Waals surface area contributed by atoms with Gasteiger partial charge in [-0.1, -0.05) is 86.7 Å². The highest BCUT2D eigenvalue weighted by molar-refractivity contribution is 8.14. The van der Waals surface area contributed by atoms with Crippen LogP contribution in [0.4, 0.5) is 4.79 Å². The van der Waals surface area contributed by atoms with E-state index in [1.165, 1.54) is 6.92 Å². The molecule has 9 nitrogen and oxygen atoms in total. The molecular weight excluding hydrogens is 560 g/mol. The van der Waals surface area contributed by atoms with Crippen LogP contribution in [-0.2, 0) is 22.4 Å². The number of urea groups is 1. The number of thioether (sulfide) groups is 1. The highest BCUT2D eigenvalue weighted by atomic mass is 32.2. The number of hydrogen-bond acceptors (Lipinski definition) is 6. The predicted molar refractivity (Wildman–Crippen MR) is 176 cm³/mol. The average molecular weight is 607 g/mol. The zero-order chi connectivity index (χ0) is 31.2. The molecule has 4 atom stereocenters. The first kappa shape index (κ1) is 33.9. The third kappa shape index (κ3) is 12.2. The van der Waals surface area contributed by atoms with Gasteiger partial charge in [-0.05, 0) is 30.4 Å². The van der Waals surface area contributed by atoms with Crippen LogP contribution in [0, 0.1) is 5.92 Å². The lowest BCUT2D eigenvalue weighted by Crippen LogP contribution is -2.54. The topological polar surface area (TPSA) is 129 Å². The molecule has 43 heavy (non-hydrogen) atoms. The number of nitrogens with one attached hydrogen (secondary N) is 3. The summed E-state index contributed by atoms with van der Waals surface area (Å²) >= 11 is 1.73. The van der Waals surface area contributed by atoms with Gasteiger partial charge in [0.25, 0.3) is 0 Å². The van der Waals surface area contributed by atoms with E-state index in [1.807, 2.05) is 72.8 Å². The van der Waals surface area contributed by atoms with E-state index in [2.05, 4.69) is 29.8 Å². The largest absolute Gasteiger partial charge is 0.356 e. The monoisotopic (exact) mass is 606 g/mol. The molecule has 232 valence electrons. The van der Waals surface area contributed by atoms with Crippen molar-refractivity contribution >= 4 is 34.7 Å². The molecule has 0 saturated heterocycles. The van der Waals surface area contributed by atoms with Crippen molar-refractivity contribution in [3.63, 3.8) is 0 Å². The van der Waals surface area contributed by atoms with Crippen LogP contribution in [-0.4, -0.2) is 77.8 Å². The minimum Gasteiger partial charge on any atom is -0.356 e. The van der Waals surface area contributed by atoms with Gasteiger partial charge in [-0.25, -0.2) is 4.79 Å². The van der Waals surface area contributed by atoms with Gasteiger partial charge in [0.05, 0.1) is 17.1 Å². The molecule has 2 aromatic rings. The molecule has 0 aromatic heterocycles. The molecule has 4 unspecified atom stereocenters. The third-order valence-electron chi connectivity index (χ3n) is 7.01. The summed E-state index contributed by atoms with van der Waals surface area (Å²) in [5.74, 6) is 0.669. The van der Waals surface area contributed by atoms with Crippen LogP contribution in [0.3, 0.4) is 0 Å². The van der Waals surface area contributed by atoms with Gasteiger partial charge >= 0.3 is 6.03 Å². The van der Waals surface area contributed by atoms with Crippen LogP contribution in [0.5, 0.6) is 0 Å². The van der Waals surface area contributed by atoms with E-state index < -0.39 is 6.04 Å². The maximum atomic E-state index is 13.6. The van der Waals surface area contributed by atoms with Gasteiger partial charge < -0.3 is 26.6 Å². The van der Waals surface area contributed by atoms with Gasteiger partial charge in [0, 0.05) is 44.8 Å². The van der Waals surface area contributed by atoms with Crippen molar-refractivity contribution in [2.75, 3.05) is 25.9 Å². The number of carbonyl (C=O) groups excluding carboxylic acids is 3. The highest BCUT2D eigenvalue weighted by Crippen LogP contribution is 2.23. The normalized spacial score (nSPS) is 16.8. The second-order valence-corrected chi connectivity index (χ2v) is 12.3. The van der Waals surface area contributed by atoms with E-state index in [4.69, 9.17) is 10.7 Å². The summed E-state index contributed by atoms with van der Waals surface area (Å²) in [4.78, 5) is 44.6. The van der Waals surface area contributed by atoms with Gasteiger partial charge in [-0.2, -0.15) is 0 Å². The van der Waals surface area contributed by atoms with Crippen LogP contribution >= 0.6 is 11.8 Å². The fourth-order valence-corrected chi connectivity index (χ4v) is 5.81. The Bertz CT molecular complexity index is 1240. The Balaban J connectivity index is 1.69. The van der Waals surface area contributed by atoms with Gasteiger partial charge in [0.15, 0.2) is 0 Å². The molecule has 0 spiro atoms. The van der Waals surface area contributed by atoms with E-state index in [-0.39, 0.29) is 48.9 Å². The number of nitrogens with zero attached hydrogens (tertiary/aromatic N) is 2. The number of aliphatic imine (C=N–C) groups is 1. The highest BCUT2D eigenvalue weighted by Gasteiger charge is 2.27. The van der Waals surface area contributed by atoms with E-state index in [0.29, 0.717) is 25.3 Å². The quantitative estimate of drug-likeness (QED) is 0.231. The number of rotatable bonds is 15. The molecule has 5 N–H and O–H groups in total. The van der Waals surface area contributed by atoms with Crippen molar-refractivity contribution in [1.82, 2.24) is 20.9 Å². The Morgan fingerprint density at radius 2 is 1.63 bits per heavy atom. The first-order valence-corrected chi connectivity index (χ1v) is 15.9. The lowest BCUT2D eigenvalue weighted by atomic mass is 10.0. The Morgan fingerprint density at radius 3 is 2.21 bits per heavy atom. The lowest BCUT2D eigenvalue weighted by Gasteiger charge is -2.26. The van der Waals surface area contributed by atoms with Crippen molar-refractivity contribution in [2.45, 2.75) is 64.2 Å². The lowest BCUT2D eigenvalue weighted by molar-refractivity contribution is -0.124. The first-order valence-electron chi connectivity index (χ1n) is 14.9.